The van der Waals surface area contributed by atoms with E-state index in [9.17, 15) is 14.4 Å². The Hall–Kier alpha value is -3.66. The molecule has 1 aliphatic rings. The minimum absolute atomic E-state index is 0.0734. The van der Waals surface area contributed by atoms with Gasteiger partial charge in [0.25, 0.3) is 5.91 Å². The van der Waals surface area contributed by atoms with E-state index in [0.29, 0.717) is 47.7 Å². The fourth-order valence-electron chi connectivity index (χ4n) is 4.07. The second kappa shape index (κ2) is 8.83. The van der Waals surface area contributed by atoms with Crippen LogP contribution in [0.5, 0.6) is 0 Å². The smallest absolute Gasteiger partial charge is 0.257 e. The highest BCUT2D eigenvalue weighted by Crippen LogP contribution is 2.34. The van der Waals surface area contributed by atoms with Gasteiger partial charge in [-0.2, -0.15) is 5.26 Å². The molecular weight excluding hydrogens is 407 g/mol. The number of aromatic nitrogens is 1. The Labute approximate surface area is 186 Å². The van der Waals surface area contributed by atoms with E-state index in [4.69, 9.17) is 9.40 Å². The summed E-state index contributed by atoms with van der Waals surface area (Å²) in [6.45, 7) is 7.64. The molecule has 0 spiro atoms. The zero-order valence-electron chi connectivity index (χ0n) is 18.4. The predicted octanol–water partition coefficient (Wildman–Crippen LogP) is 4.83. The van der Waals surface area contributed by atoms with Crippen LogP contribution in [-0.2, 0) is 0 Å². The summed E-state index contributed by atoms with van der Waals surface area (Å²) in [7, 11) is 0. The molecule has 0 radical (unpaired) electrons. The molecule has 3 heterocycles. The Morgan fingerprint density at radius 3 is 2.72 bits per heavy atom. The van der Waals surface area contributed by atoms with Crippen molar-refractivity contribution < 1.29 is 13.6 Å². The van der Waals surface area contributed by atoms with Gasteiger partial charge in [0.1, 0.15) is 29.5 Å². The first kappa shape index (κ1) is 21.6. The summed E-state index contributed by atoms with van der Waals surface area (Å²) >= 11 is 0. The molecule has 32 heavy (non-hydrogen) atoms. The molecule has 1 aromatic carbocycles. The molecule has 0 bridgehead atoms. The number of anilines is 1. The van der Waals surface area contributed by atoms with Crippen LogP contribution in [0.15, 0.2) is 53.3 Å². The van der Waals surface area contributed by atoms with Crippen LogP contribution in [-0.4, -0.2) is 41.5 Å². The Morgan fingerprint density at radius 2 is 2.09 bits per heavy atom. The number of rotatable bonds is 4. The van der Waals surface area contributed by atoms with E-state index in [2.05, 4.69) is 11.0 Å². The van der Waals surface area contributed by atoms with E-state index in [0.717, 1.165) is 5.69 Å². The lowest BCUT2D eigenvalue weighted by Crippen LogP contribution is -2.54. The van der Waals surface area contributed by atoms with Gasteiger partial charge in [0.15, 0.2) is 0 Å². The Kier molecular flexibility index (Phi) is 5.95. The van der Waals surface area contributed by atoms with Crippen molar-refractivity contribution in [3.63, 3.8) is 0 Å². The van der Waals surface area contributed by atoms with Crippen molar-refractivity contribution in [2.75, 3.05) is 24.5 Å². The summed E-state index contributed by atoms with van der Waals surface area (Å²) in [5, 5.41) is 10.0. The largest absolute Gasteiger partial charge is 0.472 e. The zero-order chi connectivity index (χ0) is 22.8. The molecule has 4 rings (SSSR count). The molecule has 0 aliphatic carbocycles. The Balaban J connectivity index is 1.70. The summed E-state index contributed by atoms with van der Waals surface area (Å²) in [5.41, 5.74) is 3.10. The van der Waals surface area contributed by atoms with Gasteiger partial charge in [0.2, 0.25) is 0 Å². The molecule has 1 atom stereocenters. The van der Waals surface area contributed by atoms with Crippen molar-refractivity contribution in [1.29, 1.82) is 5.26 Å². The van der Waals surface area contributed by atoms with Crippen molar-refractivity contribution in [2.24, 2.45) is 0 Å². The van der Waals surface area contributed by atoms with Gasteiger partial charge in [-0.1, -0.05) is 26.0 Å². The number of hydrogen-bond acceptors (Lipinski definition) is 5. The number of nitriles is 1. The maximum absolute atomic E-state index is 13.9. The molecule has 1 fully saturated rings. The molecule has 0 unspecified atom stereocenters. The van der Waals surface area contributed by atoms with Gasteiger partial charge in [-0.25, -0.2) is 9.37 Å². The summed E-state index contributed by atoms with van der Waals surface area (Å²) in [6.07, 6.45) is 2.94. The second-order valence-corrected chi connectivity index (χ2v) is 8.38. The molecular formula is C25H25FN4O2. The zero-order valence-corrected chi connectivity index (χ0v) is 18.4. The van der Waals surface area contributed by atoms with Crippen LogP contribution >= 0.6 is 0 Å². The van der Waals surface area contributed by atoms with Gasteiger partial charge in [-0.15, -0.1) is 0 Å². The summed E-state index contributed by atoms with van der Waals surface area (Å²) in [4.78, 5) is 21.5. The molecule has 6 nitrogen and oxygen atoms in total. The monoisotopic (exact) mass is 432 g/mol. The highest BCUT2D eigenvalue weighted by Gasteiger charge is 2.31. The van der Waals surface area contributed by atoms with Gasteiger partial charge in [0, 0.05) is 36.9 Å². The normalized spacial score (nSPS) is 16.3. The van der Waals surface area contributed by atoms with Crippen molar-refractivity contribution in [3.05, 3.63) is 71.6 Å². The first-order valence-electron chi connectivity index (χ1n) is 10.7. The van der Waals surface area contributed by atoms with Crippen LogP contribution in [0.1, 0.15) is 48.3 Å². The number of carbonyl (C=O) groups is 1. The number of piperazine rings is 1. The van der Waals surface area contributed by atoms with E-state index in [1.165, 1.54) is 24.7 Å². The highest BCUT2D eigenvalue weighted by atomic mass is 19.1. The molecule has 3 aromatic rings. The molecule has 7 heteroatoms. The second-order valence-electron chi connectivity index (χ2n) is 8.38. The molecule has 0 N–H and O–H groups in total. The maximum atomic E-state index is 13.9. The molecule has 1 saturated heterocycles. The number of pyridine rings is 1. The Morgan fingerprint density at radius 1 is 1.28 bits per heavy atom. The van der Waals surface area contributed by atoms with Gasteiger partial charge in [-0.3, -0.25) is 4.79 Å². The van der Waals surface area contributed by atoms with Crippen molar-refractivity contribution in [2.45, 2.75) is 32.7 Å². The van der Waals surface area contributed by atoms with Crippen LogP contribution in [0.3, 0.4) is 0 Å². The molecule has 1 amide bonds. The third-order valence-electron chi connectivity index (χ3n) is 5.82. The van der Waals surface area contributed by atoms with Gasteiger partial charge >= 0.3 is 0 Å². The quantitative estimate of drug-likeness (QED) is 0.591. The number of furan rings is 1. The molecule has 164 valence electrons. The minimum atomic E-state index is -0.351. The van der Waals surface area contributed by atoms with Crippen LogP contribution in [0, 0.1) is 17.1 Å². The Bertz CT molecular complexity index is 1170. The first-order valence-corrected chi connectivity index (χ1v) is 10.7. The fourth-order valence-corrected chi connectivity index (χ4v) is 4.07. The van der Waals surface area contributed by atoms with Crippen LogP contribution < -0.4 is 4.90 Å². The van der Waals surface area contributed by atoms with E-state index < -0.39 is 0 Å². The lowest BCUT2D eigenvalue weighted by molar-refractivity contribution is 0.0673. The summed E-state index contributed by atoms with van der Waals surface area (Å²) < 4.78 is 19.0. The van der Waals surface area contributed by atoms with E-state index in [1.807, 2.05) is 31.7 Å². The number of nitrogens with zero attached hydrogens (tertiary/aromatic N) is 4. The third kappa shape index (κ3) is 4.09. The standard InChI is InChI=1S/C25H25FN4O2/c1-16(2)23-12-21(18-5-4-6-20(26)11-18)22(13-27)24(28-23)29-8-9-30(17(3)14-29)25(31)19-7-10-32-15-19/h4-7,10-12,15-17H,8-9,14H2,1-3H3/t17-/m1/s1. The number of hydrogen-bond donors (Lipinski definition) is 0. The first-order chi connectivity index (χ1) is 15.4. The van der Waals surface area contributed by atoms with Crippen LogP contribution in [0.2, 0.25) is 0 Å². The lowest BCUT2D eigenvalue weighted by atomic mass is 9.96. The average molecular weight is 432 g/mol. The molecule has 0 saturated carbocycles. The maximum Gasteiger partial charge on any atom is 0.257 e. The highest BCUT2D eigenvalue weighted by molar-refractivity contribution is 5.94. The van der Waals surface area contributed by atoms with Gasteiger partial charge < -0.3 is 14.2 Å². The number of amides is 1. The van der Waals surface area contributed by atoms with Crippen molar-refractivity contribution in [1.82, 2.24) is 9.88 Å². The summed E-state index contributed by atoms with van der Waals surface area (Å²) in [5.74, 6) is 0.294. The number of benzene rings is 1. The van der Waals surface area contributed by atoms with Gasteiger partial charge in [0.05, 0.1) is 11.8 Å². The lowest BCUT2D eigenvalue weighted by Gasteiger charge is -2.40. The van der Waals surface area contributed by atoms with Crippen molar-refractivity contribution >= 4 is 11.7 Å². The SMILES string of the molecule is CC(C)c1cc(-c2cccc(F)c2)c(C#N)c(N2CCN(C(=O)c3ccoc3)[C@H](C)C2)n1. The third-order valence-corrected chi connectivity index (χ3v) is 5.82. The number of carbonyl (C=O) groups excluding carboxylic acids is 1. The minimum Gasteiger partial charge on any atom is -0.472 e. The van der Waals surface area contributed by atoms with Crippen LogP contribution in [0.25, 0.3) is 11.1 Å². The van der Waals surface area contributed by atoms with E-state index >= 15 is 0 Å². The van der Waals surface area contributed by atoms with Gasteiger partial charge in [-0.05, 0) is 42.7 Å². The van der Waals surface area contributed by atoms with Crippen LogP contribution in [0.4, 0.5) is 10.2 Å². The van der Waals surface area contributed by atoms with E-state index in [-0.39, 0.29) is 23.7 Å². The predicted molar refractivity (Wildman–Crippen MR) is 120 cm³/mol. The summed E-state index contributed by atoms with van der Waals surface area (Å²) in [6, 6.07) is 12.0. The molecule has 1 aliphatic heterocycles. The average Bonchev–Trinajstić information content (AvgIpc) is 3.32. The topological polar surface area (TPSA) is 73.4 Å². The van der Waals surface area contributed by atoms with E-state index in [1.54, 1.807) is 18.2 Å². The molecule has 2 aromatic heterocycles. The fraction of sp³-hybridized carbons (Fsp3) is 0.320. The van der Waals surface area contributed by atoms with Crippen molar-refractivity contribution in [3.8, 4) is 17.2 Å². The number of halogens is 1.